The number of rotatable bonds is 6. The van der Waals surface area contributed by atoms with Gasteiger partial charge in [-0.1, -0.05) is 24.3 Å². The monoisotopic (exact) mass is 446 g/mol. The van der Waals surface area contributed by atoms with E-state index in [1.165, 1.54) is 22.7 Å². The molecule has 160 valence electrons. The van der Waals surface area contributed by atoms with Gasteiger partial charge in [-0.3, -0.25) is 19.8 Å². The molecule has 1 amide bonds. The predicted octanol–water partition coefficient (Wildman–Crippen LogP) is 5.35. The second kappa shape index (κ2) is 9.03. The van der Waals surface area contributed by atoms with Crippen LogP contribution in [-0.4, -0.2) is 32.4 Å². The zero-order valence-electron chi connectivity index (χ0n) is 17.1. The van der Waals surface area contributed by atoms with Crippen molar-refractivity contribution in [3.8, 4) is 11.3 Å². The van der Waals surface area contributed by atoms with Crippen LogP contribution in [0.1, 0.15) is 11.5 Å². The Kier molecular flexibility index (Phi) is 6.00. The number of hydrogen-bond acceptors (Lipinski definition) is 7. The van der Waals surface area contributed by atoms with Gasteiger partial charge in [0.2, 0.25) is 0 Å². The molecule has 4 rings (SSSR count). The molecule has 0 spiro atoms. The van der Waals surface area contributed by atoms with Gasteiger partial charge in [-0.2, -0.15) is 0 Å². The minimum absolute atomic E-state index is 0.0513. The highest BCUT2D eigenvalue weighted by Gasteiger charge is 2.33. The molecule has 1 aliphatic rings. The first-order valence-corrected chi connectivity index (χ1v) is 10.5. The third-order valence-corrected chi connectivity index (χ3v) is 5.56. The molecule has 0 unspecified atom stereocenters. The molecule has 3 aromatic rings. The highest BCUT2D eigenvalue weighted by Crippen LogP contribution is 2.36. The van der Waals surface area contributed by atoms with Crippen LogP contribution in [0.3, 0.4) is 0 Å². The van der Waals surface area contributed by atoms with Gasteiger partial charge in [0.05, 0.1) is 15.4 Å². The highest BCUT2D eigenvalue weighted by atomic mass is 32.2. The number of para-hydroxylation sites is 1. The third kappa shape index (κ3) is 4.37. The number of aryl methyl sites for hydroxylation is 1. The maximum atomic E-state index is 12.9. The Labute approximate surface area is 188 Å². The minimum atomic E-state index is -0.457. The third-order valence-electron chi connectivity index (χ3n) is 4.55. The summed E-state index contributed by atoms with van der Waals surface area (Å²) in [5.41, 5.74) is 1.14. The molecule has 0 bridgehead atoms. The Morgan fingerprint density at radius 1 is 1.22 bits per heavy atom. The molecule has 2 aromatic heterocycles. The van der Waals surface area contributed by atoms with Crippen molar-refractivity contribution in [3.05, 3.63) is 93.7 Å². The van der Waals surface area contributed by atoms with E-state index in [0.717, 1.165) is 5.69 Å². The van der Waals surface area contributed by atoms with Crippen LogP contribution >= 0.6 is 11.8 Å². The van der Waals surface area contributed by atoms with Crippen molar-refractivity contribution in [1.29, 1.82) is 0 Å². The van der Waals surface area contributed by atoms with Crippen LogP contribution < -0.4 is 0 Å². The average molecular weight is 446 g/mol. The number of amides is 1. The zero-order chi connectivity index (χ0) is 22.7. The number of hydrogen-bond donors (Lipinski definition) is 0. The van der Waals surface area contributed by atoms with Gasteiger partial charge in [0.25, 0.3) is 11.6 Å². The van der Waals surface area contributed by atoms with Crippen molar-refractivity contribution in [3.63, 3.8) is 0 Å². The fourth-order valence-corrected chi connectivity index (χ4v) is 4.09. The number of nitro groups is 1. The number of nitro benzene ring substituents is 1. The van der Waals surface area contributed by atoms with Gasteiger partial charge >= 0.3 is 0 Å². The molecule has 0 saturated carbocycles. The molecule has 1 aliphatic heterocycles. The first-order valence-electron chi connectivity index (χ1n) is 9.64. The standard InChI is InChI=1S/C23H18N4O4S/c1-3-13-26-22(28)20(32-23(26)25-21-10-6-7-15(2)24-21)14-16-11-12-19(31-16)17-8-4-5-9-18(17)27(29)30/h3-12,14H,1,13H2,2H3/b20-14+,25-23+. The first-order chi connectivity index (χ1) is 15.5. The number of thioether (sulfide) groups is 1. The summed E-state index contributed by atoms with van der Waals surface area (Å²) in [4.78, 5) is 34.6. The van der Waals surface area contributed by atoms with Gasteiger partial charge in [-0.25, -0.2) is 9.98 Å². The molecule has 9 heteroatoms. The Bertz CT molecular complexity index is 1280. The van der Waals surface area contributed by atoms with Crippen molar-refractivity contribution in [2.75, 3.05) is 6.54 Å². The Morgan fingerprint density at radius 3 is 2.78 bits per heavy atom. The summed E-state index contributed by atoms with van der Waals surface area (Å²) in [5, 5.41) is 11.8. The van der Waals surface area contributed by atoms with Crippen LogP contribution in [0.4, 0.5) is 11.5 Å². The largest absolute Gasteiger partial charge is 0.456 e. The predicted molar refractivity (Wildman–Crippen MR) is 124 cm³/mol. The summed E-state index contributed by atoms with van der Waals surface area (Å²) < 4.78 is 5.80. The van der Waals surface area contributed by atoms with Crippen LogP contribution in [0.25, 0.3) is 17.4 Å². The lowest BCUT2D eigenvalue weighted by Gasteiger charge is -2.12. The highest BCUT2D eigenvalue weighted by molar-refractivity contribution is 8.18. The number of aliphatic imine (C=N–C) groups is 1. The molecule has 0 radical (unpaired) electrons. The van der Waals surface area contributed by atoms with Gasteiger partial charge in [0.1, 0.15) is 11.5 Å². The lowest BCUT2D eigenvalue weighted by molar-refractivity contribution is -0.384. The summed E-state index contributed by atoms with van der Waals surface area (Å²) in [7, 11) is 0. The molecule has 1 aromatic carbocycles. The summed E-state index contributed by atoms with van der Waals surface area (Å²) in [6.07, 6.45) is 3.23. The van der Waals surface area contributed by atoms with E-state index < -0.39 is 4.92 Å². The van der Waals surface area contributed by atoms with Crippen molar-refractivity contribution in [2.45, 2.75) is 6.92 Å². The Hall–Kier alpha value is -3.98. The molecule has 1 fully saturated rings. The molecule has 3 heterocycles. The number of benzene rings is 1. The Morgan fingerprint density at radius 2 is 2.03 bits per heavy atom. The minimum Gasteiger partial charge on any atom is -0.456 e. The average Bonchev–Trinajstić information content (AvgIpc) is 3.35. The van der Waals surface area contributed by atoms with Gasteiger partial charge in [0, 0.05) is 24.4 Å². The molecule has 0 N–H and O–H groups in total. The normalized spacial score (nSPS) is 16.2. The topological polar surface area (TPSA) is 102 Å². The quantitative estimate of drug-likeness (QED) is 0.219. The van der Waals surface area contributed by atoms with E-state index in [1.807, 2.05) is 19.1 Å². The fraction of sp³-hybridized carbons (Fsp3) is 0.0870. The lowest BCUT2D eigenvalue weighted by Crippen LogP contribution is -2.29. The van der Waals surface area contributed by atoms with E-state index in [0.29, 0.717) is 39.5 Å². The van der Waals surface area contributed by atoms with E-state index in [9.17, 15) is 14.9 Å². The van der Waals surface area contributed by atoms with Crippen molar-refractivity contribution < 1.29 is 14.1 Å². The zero-order valence-corrected chi connectivity index (χ0v) is 17.9. The number of amidine groups is 1. The van der Waals surface area contributed by atoms with E-state index in [1.54, 1.807) is 48.6 Å². The van der Waals surface area contributed by atoms with Crippen LogP contribution in [-0.2, 0) is 4.79 Å². The second-order valence-corrected chi connectivity index (χ2v) is 7.83. The lowest BCUT2D eigenvalue weighted by atomic mass is 10.1. The van der Waals surface area contributed by atoms with Gasteiger partial charge in [0.15, 0.2) is 11.0 Å². The SMILES string of the molecule is C=CCN1C(=O)/C(=C\c2ccc(-c3ccccc3[N+](=O)[O-])o2)S/C1=N/c1cccc(C)n1. The fourth-order valence-electron chi connectivity index (χ4n) is 3.12. The first kappa shape index (κ1) is 21.3. The van der Waals surface area contributed by atoms with Gasteiger partial charge in [-0.05, 0) is 49.0 Å². The van der Waals surface area contributed by atoms with Crippen molar-refractivity contribution in [2.24, 2.45) is 4.99 Å². The Balaban J connectivity index is 1.66. The number of furan rings is 1. The molecule has 1 saturated heterocycles. The molecule has 8 nitrogen and oxygen atoms in total. The van der Waals surface area contributed by atoms with E-state index in [4.69, 9.17) is 4.42 Å². The molecule has 0 atom stereocenters. The van der Waals surface area contributed by atoms with E-state index in [-0.39, 0.29) is 11.6 Å². The molecular weight excluding hydrogens is 428 g/mol. The molecular formula is C23H18N4O4S. The van der Waals surface area contributed by atoms with Gasteiger partial charge in [-0.15, -0.1) is 6.58 Å². The van der Waals surface area contributed by atoms with Crippen molar-refractivity contribution >= 4 is 40.4 Å². The van der Waals surface area contributed by atoms with Crippen LogP contribution in [0.15, 0.2) is 81.6 Å². The second-order valence-electron chi connectivity index (χ2n) is 6.82. The van der Waals surface area contributed by atoms with Crippen LogP contribution in [0.5, 0.6) is 0 Å². The van der Waals surface area contributed by atoms with E-state index in [2.05, 4.69) is 16.6 Å². The maximum Gasteiger partial charge on any atom is 0.280 e. The van der Waals surface area contributed by atoms with Crippen LogP contribution in [0, 0.1) is 17.0 Å². The maximum absolute atomic E-state index is 12.9. The summed E-state index contributed by atoms with van der Waals surface area (Å²) in [6, 6.07) is 15.1. The van der Waals surface area contributed by atoms with Crippen LogP contribution in [0.2, 0.25) is 0 Å². The van der Waals surface area contributed by atoms with E-state index >= 15 is 0 Å². The number of nitrogens with zero attached hydrogens (tertiary/aromatic N) is 4. The number of carbonyl (C=O) groups is 1. The molecule has 32 heavy (non-hydrogen) atoms. The smallest absolute Gasteiger partial charge is 0.280 e. The number of pyridine rings is 1. The molecule has 0 aliphatic carbocycles. The van der Waals surface area contributed by atoms with Crippen molar-refractivity contribution in [1.82, 2.24) is 9.88 Å². The summed E-state index contributed by atoms with van der Waals surface area (Å²) >= 11 is 1.21. The summed E-state index contributed by atoms with van der Waals surface area (Å²) in [6.45, 7) is 5.88. The number of aromatic nitrogens is 1. The number of carbonyl (C=O) groups excluding carboxylic acids is 1. The van der Waals surface area contributed by atoms with Gasteiger partial charge < -0.3 is 4.42 Å². The summed E-state index contributed by atoms with van der Waals surface area (Å²) in [5.74, 6) is 1.03.